The molecule has 3 rings (SSSR count). The SMILES string of the molecule is CCOc1ccc2c(C)c(Cc3ccccc3)c(=O)oc2c1I. The summed E-state index contributed by atoms with van der Waals surface area (Å²) < 4.78 is 12.0. The van der Waals surface area contributed by atoms with Crippen molar-refractivity contribution >= 4 is 33.6 Å². The van der Waals surface area contributed by atoms with Crippen molar-refractivity contribution < 1.29 is 9.15 Å². The van der Waals surface area contributed by atoms with Gasteiger partial charge in [0.25, 0.3) is 0 Å². The summed E-state index contributed by atoms with van der Waals surface area (Å²) in [6, 6.07) is 13.9. The zero-order valence-electron chi connectivity index (χ0n) is 13.1. The number of benzene rings is 2. The van der Waals surface area contributed by atoms with Gasteiger partial charge in [-0.1, -0.05) is 30.3 Å². The molecule has 0 N–H and O–H groups in total. The van der Waals surface area contributed by atoms with Gasteiger partial charge in [-0.15, -0.1) is 0 Å². The molecular formula is C19H17IO3. The van der Waals surface area contributed by atoms with Gasteiger partial charge >= 0.3 is 5.63 Å². The van der Waals surface area contributed by atoms with Crippen molar-refractivity contribution in [3.8, 4) is 5.75 Å². The highest BCUT2D eigenvalue weighted by atomic mass is 127. The number of aryl methyl sites for hydroxylation is 1. The van der Waals surface area contributed by atoms with Crippen LogP contribution in [0.2, 0.25) is 0 Å². The molecule has 0 fully saturated rings. The van der Waals surface area contributed by atoms with E-state index >= 15 is 0 Å². The molecule has 0 radical (unpaired) electrons. The normalized spacial score (nSPS) is 10.9. The van der Waals surface area contributed by atoms with Crippen LogP contribution in [0, 0.1) is 10.5 Å². The van der Waals surface area contributed by atoms with Crippen molar-refractivity contribution in [1.29, 1.82) is 0 Å². The molecule has 23 heavy (non-hydrogen) atoms. The van der Waals surface area contributed by atoms with Crippen molar-refractivity contribution in [3.05, 3.63) is 73.1 Å². The van der Waals surface area contributed by atoms with Crippen LogP contribution in [0.4, 0.5) is 0 Å². The smallest absolute Gasteiger partial charge is 0.340 e. The molecule has 0 atom stereocenters. The lowest BCUT2D eigenvalue weighted by atomic mass is 10.00. The molecule has 0 bridgehead atoms. The van der Waals surface area contributed by atoms with E-state index in [1.54, 1.807) is 0 Å². The molecular weight excluding hydrogens is 403 g/mol. The molecule has 0 saturated heterocycles. The Morgan fingerprint density at radius 3 is 2.57 bits per heavy atom. The van der Waals surface area contributed by atoms with Crippen LogP contribution in [0.15, 0.2) is 51.7 Å². The summed E-state index contributed by atoms with van der Waals surface area (Å²) in [4.78, 5) is 12.5. The minimum Gasteiger partial charge on any atom is -0.493 e. The maximum atomic E-state index is 12.5. The zero-order valence-corrected chi connectivity index (χ0v) is 15.2. The van der Waals surface area contributed by atoms with Crippen LogP contribution in [0.1, 0.15) is 23.6 Å². The predicted molar refractivity (Wildman–Crippen MR) is 100 cm³/mol. The molecule has 1 heterocycles. The molecule has 3 nitrogen and oxygen atoms in total. The van der Waals surface area contributed by atoms with Gasteiger partial charge in [-0.25, -0.2) is 4.79 Å². The molecule has 0 aliphatic rings. The molecule has 0 spiro atoms. The summed E-state index contributed by atoms with van der Waals surface area (Å²) in [5, 5.41) is 0.961. The molecule has 3 aromatic rings. The van der Waals surface area contributed by atoms with E-state index in [9.17, 15) is 4.79 Å². The van der Waals surface area contributed by atoms with Gasteiger partial charge in [-0.2, -0.15) is 0 Å². The lowest BCUT2D eigenvalue weighted by molar-refractivity contribution is 0.337. The Hall–Kier alpha value is -1.82. The second kappa shape index (κ2) is 6.74. The third-order valence-corrected chi connectivity index (χ3v) is 4.90. The van der Waals surface area contributed by atoms with E-state index in [1.165, 1.54) is 0 Å². The zero-order chi connectivity index (χ0) is 16.4. The standard InChI is InChI=1S/C19H17IO3/c1-3-22-16-10-9-14-12(2)15(11-13-7-5-4-6-8-13)19(21)23-18(14)17(16)20/h4-10H,3,11H2,1-2H3. The highest BCUT2D eigenvalue weighted by Gasteiger charge is 2.16. The van der Waals surface area contributed by atoms with E-state index in [1.807, 2.05) is 56.3 Å². The molecule has 0 unspecified atom stereocenters. The fourth-order valence-electron chi connectivity index (χ4n) is 2.67. The third-order valence-electron chi connectivity index (χ3n) is 3.88. The fraction of sp³-hybridized carbons (Fsp3) is 0.211. The maximum absolute atomic E-state index is 12.5. The van der Waals surface area contributed by atoms with E-state index in [2.05, 4.69) is 22.6 Å². The first-order valence-corrected chi connectivity index (χ1v) is 8.61. The summed E-state index contributed by atoms with van der Waals surface area (Å²) in [6.45, 7) is 4.50. The third kappa shape index (κ3) is 3.13. The van der Waals surface area contributed by atoms with Crippen LogP contribution in [0.5, 0.6) is 5.75 Å². The summed E-state index contributed by atoms with van der Waals surface area (Å²) in [5.41, 5.74) is 3.12. The number of fused-ring (bicyclic) bond motifs is 1. The topological polar surface area (TPSA) is 39.4 Å². The molecule has 0 amide bonds. The predicted octanol–water partition coefficient (Wildman–Crippen LogP) is 4.70. The minimum atomic E-state index is -0.273. The van der Waals surface area contributed by atoms with Crippen molar-refractivity contribution in [1.82, 2.24) is 0 Å². The van der Waals surface area contributed by atoms with Crippen LogP contribution in [-0.4, -0.2) is 6.61 Å². The Balaban J connectivity index is 2.15. The molecule has 1 aromatic heterocycles. The van der Waals surface area contributed by atoms with E-state index < -0.39 is 0 Å². The minimum absolute atomic E-state index is 0.273. The first-order chi connectivity index (χ1) is 11.1. The molecule has 0 aliphatic heterocycles. The van der Waals surface area contributed by atoms with Gasteiger partial charge in [0.05, 0.1) is 10.2 Å². The average Bonchev–Trinajstić information content (AvgIpc) is 2.56. The second-order valence-electron chi connectivity index (χ2n) is 5.34. The van der Waals surface area contributed by atoms with Crippen molar-refractivity contribution in [2.75, 3.05) is 6.61 Å². The van der Waals surface area contributed by atoms with E-state index in [0.29, 0.717) is 24.2 Å². The Bertz CT molecular complexity index is 898. The molecule has 4 heteroatoms. The van der Waals surface area contributed by atoms with Crippen LogP contribution >= 0.6 is 22.6 Å². The van der Waals surface area contributed by atoms with Crippen LogP contribution < -0.4 is 10.4 Å². The quantitative estimate of drug-likeness (QED) is 0.454. The summed E-state index contributed by atoms with van der Waals surface area (Å²) in [5.74, 6) is 0.749. The van der Waals surface area contributed by atoms with Crippen LogP contribution in [0.3, 0.4) is 0 Å². The van der Waals surface area contributed by atoms with Gasteiger partial charge in [-0.05, 0) is 59.7 Å². The Morgan fingerprint density at radius 1 is 1.13 bits per heavy atom. The lowest BCUT2D eigenvalue weighted by Crippen LogP contribution is -2.11. The number of halogens is 1. The average molecular weight is 420 g/mol. The number of hydrogen-bond acceptors (Lipinski definition) is 3. The van der Waals surface area contributed by atoms with E-state index in [4.69, 9.17) is 9.15 Å². The van der Waals surface area contributed by atoms with Gasteiger partial charge in [0, 0.05) is 17.4 Å². The van der Waals surface area contributed by atoms with Gasteiger partial charge in [0.15, 0.2) is 5.58 Å². The molecule has 2 aromatic carbocycles. The Labute approximate surface area is 148 Å². The number of rotatable bonds is 4. The first kappa shape index (κ1) is 16.1. The van der Waals surface area contributed by atoms with Crippen LogP contribution in [-0.2, 0) is 6.42 Å². The Kier molecular flexibility index (Phi) is 4.71. The first-order valence-electron chi connectivity index (χ1n) is 7.53. The van der Waals surface area contributed by atoms with Crippen molar-refractivity contribution in [2.24, 2.45) is 0 Å². The monoisotopic (exact) mass is 420 g/mol. The van der Waals surface area contributed by atoms with Crippen molar-refractivity contribution in [3.63, 3.8) is 0 Å². The summed E-state index contributed by atoms with van der Waals surface area (Å²) >= 11 is 2.17. The molecule has 118 valence electrons. The van der Waals surface area contributed by atoms with Gasteiger partial charge in [-0.3, -0.25) is 0 Å². The second-order valence-corrected chi connectivity index (χ2v) is 6.42. The van der Waals surface area contributed by atoms with E-state index in [-0.39, 0.29) is 5.63 Å². The summed E-state index contributed by atoms with van der Waals surface area (Å²) in [6.07, 6.45) is 0.578. The fourth-order valence-corrected chi connectivity index (χ4v) is 3.41. The van der Waals surface area contributed by atoms with Gasteiger partial charge in [0.2, 0.25) is 0 Å². The van der Waals surface area contributed by atoms with Crippen LogP contribution in [0.25, 0.3) is 11.0 Å². The highest BCUT2D eigenvalue weighted by Crippen LogP contribution is 2.31. The maximum Gasteiger partial charge on any atom is 0.340 e. The van der Waals surface area contributed by atoms with Crippen molar-refractivity contribution in [2.45, 2.75) is 20.3 Å². The molecule has 0 saturated carbocycles. The molecule has 0 aliphatic carbocycles. The number of hydrogen-bond donors (Lipinski definition) is 0. The van der Waals surface area contributed by atoms with Gasteiger partial charge < -0.3 is 9.15 Å². The van der Waals surface area contributed by atoms with E-state index in [0.717, 1.165) is 25.8 Å². The Morgan fingerprint density at radius 2 is 1.87 bits per heavy atom. The largest absolute Gasteiger partial charge is 0.493 e. The van der Waals surface area contributed by atoms with Gasteiger partial charge in [0.1, 0.15) is 5.75 Å². The lowest BCUT2D eigenvalue weighted by Gasteiger charge is -2.11. The number of ether oxygens (including phenoxy) is 1. The highest BCUT2D eigenvalue weighted by molar-refractivity contribution is 14.1. The summed E-state index contributed by atoms with van der Waals surface area (Å²) in [7, 11) is 0.